The lowest BCUT2D eigenvalue weighted by Gasteiger charge is -2.18. The summed E-state index contributed by atoms with van der Waals surface area (Å²) in [4.78, 5) is 12.9. The van der Waals surface area contributed by atoms with Crippen LogP contribution in [0.1, 0.15) is 54.7 Å². The van der Waals surface area contributed by atoms with Crippen LogP contribution >= 0.6 is 0 Å². The molecule has 3 heteroatoms. The van der Waals surface area contributed by atoms with Gasteiger partial charge in [0.05, 0.1) is 0 Å². The van der Waals surface area contributed by atoms with Crippen LogP contribution in [-0.4, -0.2) is 10.9 Å². The molecule has 32 heavy (non-hydrogen) atoms. The SMILES string of the molecule is CC(/C=C/C(=O)c1c(O)cccc1OCc1ccccc1)=C\c1ccc(C(C)(C)C)cc1. The predicted octanol–water partition coefficient (Wildman–Crippen LogP) is 7.11. The third-order valence-electron chi connectivity index (χ3n) is 5.16. The lowest BCUT2D eigenvalue weighted by molar-refractivity contribution is 0.104. The van der Waals surface area contributed by atoms with Crippen LogP contribution in [0.5, 0.6) is 11.5 Å². The van der Waals surface area contributed by atoms with Crippen LogP contribution in [0.3, 0.4) is 0 Å². The van der Waals surface area contributed by atoms with E-state index < -0.39 is 0 Å². The zero-order valence-corrected chi connectivity index (χ0v) is 19.1. The maximum absolute atomic E-state index is 12.9. The Morgan fingerprint density at radius 2 is 1.59 bits per heavy atom. The van der Waals surface area contributed by atoms with E-state index in [0.717, 1.165) is 16.7 Å². The van der Waals surface area contributed by atoms with Crippen molar-refractivity contribution in [3.8, 4) is 11.5 Å². The second-order valence-electron chi connectivity index (χ2n) is 8.88. The molecule has 0 heterocycles. The summed E-state index contributed by atoms with van der Waals surface area (Å²) in [6.07, 6.45) is 5.25. The molecule has 0 aliphatic rings. The smallest absolute Gasteiger partial charge is 0.193 e. The number of ketones is 1. The molecule has 3 aromatic carbocycles. The van der Waals surface area contributed by atoms with Gasteiger partial charge in [-0.1, -0.05) is 99.2 Å². The van der Waals surface area contributed by atoms with Crippen molar-refractivity contribution < 1.29 is 14.6 Å². The van der Waals surface area contributed by atoms with Gasteiger partial charge in [0.1, 0.15) is 23.7 Å². The molecule has 0 atom stereocenters. The van der Waals surface area contributed by atoms with Gasteiger partial charge in [-0.25, -0.2) is 0 Å². The zero-order chi connectivity index (χ0) is 23.1. The molecule has 0 radical (unpaired) electrons. The van der Waals surface area contributed by atoms with Crippen LogP contribution in [0, 0.1) is 0 Å². The third kappa shape index (κ3) is 6.21. The first-order chi connectivity index (χ1) is 15.2. The number of carbonyl (C=O) groups excluding carboxylic acids is 1. The summed E-state index contributed by atoms with van der Waals surface area (Å²) in [5.74, 6) is -0.0329. The molecule has 0 spiro atoms. The molecule has 0 bridgehead atoms. The third-order valence-corrected chi connectivity index (χ3v) is 5.16. The Morgan fingerprint density at radius 3 is 2.25 bits per heavy atom. The van der Waals surface area contributed by atoms with E-state index in [2.05, 4.69) is 45.0 Å². The summed E-state index contributed by atoms with van der Waals surface area (Å²) in [6, 6.07) is 23.0. The quantitative estimate of drug-likeness (QED) is 0.249. The van der Waals surface area contributed by atoms with Gasteiger partial charge < -0.3 is 9.84 Å². The highest BCUT2D eigenvalue weighted by Gasteiger charge is 2.16. The van der Waals surface area contributed by atoms with Gasteiger partial charge in [0.15, 0.2) is 5.78 Å². The number of hydrogen-bond donors (Lipinski definition) is 1. The van der Waals surface area contributed by atoms with Gasteiger partial charge in [-0.3, -0.25) is 4.79 Å². The van der Waals surface area contributed by atoms with E-state index in [9.17, 15) is 9.90 Å². The van der Waals surface area contributed by atoms with Crippen molar-refractivity contribution in [2.24, 2.45) is 0 Å². The molecule has 3 aromatic rings. The predicted molar refractivity (Wildman–Crippen MR) is 131 cm³/mol. The fourth-order valence-electron chi connectivity index (χ4n) is 3.30. The van der Waals surface area contributed by atoms with Crippen molar-refractivity contribution >= 4 is 11.9 Å². The van der Waals surface area contributed by atoms with Gasteiger partial charge >= 0.3 is 0 Å². The van der Waals surface area contributed by atoms with Gasteiger partial charge in [-0.2, -0.15) is 0 Å². The first-order valence-electron chi connectivity index (χ1n) is 10.7. The monoisotopic (exact) mass is 426 g/mol. The molecule has 0 aliphatic heterocycles. The fourth-order valence-corrected chi connectivity index (χ4v) is 3.30. The van der Waals surface area contributed by atoms with E-state index in [1.165, 1.54) is 17.7 Å². The lowest BCUT2D eigenvalue weighted by Crippen LogP contribution is -2.10. The topological polar surface area (TPSA) is 46.5 Å². The Labute approximate surface area is 190 Å². The molecule has 0 saturated carbocycles. The molecule has 0 aromatic heterocycles. The van der Waals surface area contributed by atoms with Gasteiger partial charge in [0.25, 0.3) is 0 Å². The van der Waals surface area contributed by atoms with Crippen LogP contribution in [0.25, 0.3) is 6.08 Å². The van der Waals surface area contributed by atoms with E-state index in [4.69, 9.17) is 4.74 Å². The molecule has 3 rings (SSSR count). The number of benzene rings is 3. The molecular formula is C29H30O3. The summed E-state index contributed by atoms with van der Waals surface area (Å²) in [6.45, 7) is 8.83. The van der Waals surface area contributed by atoms with E-state index in [0.29, 0.717) is 12.4 Å². The van der Waals surface area contributed by atoms with Crippen LogP contribution in [0.4, 0.5) is 0 Å². The summed E-state index contributed by atoms with van der Waals surface area (Å²) in [5.41, 5.74) is 4.55. The minimum absolute atomic E-state index is 0.0930. The van der Waals surface area contributed by atoms with E-state index in [1.54, 1.807) is 18.2 Å². The van der Waals surface area contributed by atoms with Crippen molar-refractivity contribution in [3.05, 3.63) is 113 Å². The maximum atomic E-state index is 12.9. The largest absolute Gasteiger partial charge is 0.507 e. The number of rotatable bonds is 7. The van der Waals surface area contributed by atoms with Gasteiger partial charge in [-0.05, 0) is 47.2 Å². The Hall–Kier alpha value is -3.59. The van der Waals surface area contributed by atoms with E-state index in [-0.39, 0.29) is 22.5 Å². The normalized spacial score (nSPS) is 12.2. The highest BCUT2D eigenvalue weighted by Crippen LogP contribution is 2.29. The van der Waals surface area contributed by atoms with Crippen molar-refractivity contribution in [3.63, 3.8) is 0 Å². The molecule has 1 N–H and O–H groups in total. The van der Waals surface area contributed by atoms with Crippen molar-refractivity contribution in [1.29, 1.82) is 0 Å². The summed E-state index contributed by atoms with van der Waals surface area (Å²) in [7, 11) is 0. The Morgan fingerprint density at radius 1 is 0.906 bits per heavy atom. The van der Waals surface area contributed by atoms with Crippen LogP contribution in [0.15, 0.2) is 90.5 Å². The number of aromatic hydroxyl groups is 1. The fraction of sp³-hybridized carbons (Fsp3) is 0.207. The molecule has 0 unspecified atom stereocenters. The second-order valence-corrected chi connectivity index (χ2v) is 8.88. The maximum Gasteiger partial charge on any atom is 0.193 e. The number of ether oxygens (including phenoxy) is 1. The summed E-state index contributed by atoms with van der Waals surface area (Å²) in [5, 5.41) is 10.3. The Kier molecular flexibility index (Phi) is 7.32. The molecule has 0 fully saturated rings. The first kappa shape index (κ1) is 23.1. The summed E-state index contributed by atoms with van der Waals surface area (Å²) < 4.78 is 5.84. The molecule has 0 amide bonds. The van der Waals surface area contributed by atoms with Crippen molar-refractivity contribution in [2.45, 2.75) is 39.7 Å². The highest BCUT2D eigenvalue weighted by molar-refractivity contribution is 6.08. The molecule has 164 valence electrons. The number of phenolic OH excluding ortho intramolecular Hbond substituents is 1. The van der Waals surface area contributed by atoms with E-state index in [1.807, 2.05) is 43.3 Å². The molecule has 0 aliphatic carbocycles. The van der Waals surface area contributed by atoms with E-state index >= 15 is 0 Å². The number of allylic oxidation sites excluding steroid dienone is 3. The minimum atomic E-state index is -0.304. The van der Waals surface area contributed by atoms with Gasteiger partial charge in [0, 0.05) is 0 Å². The minimum Gasteiger partial charge on any atom is -0.507 e. The zero-order valence-electron chi connectivity index (χ0n) is 19.1. The van der Waals surface area contributed by atoms with Crippen LogP contribution in [-0.2, 0) is 12.0 Å². The average Bonchev–Trinajstić information content (AvgIpc) is 2.76. The number of hydrogen-bond acceptors (Lipinski definition) is 3. The number of phenols is 1. The number of carbonyl (C=O) groups is 1. The van der Waals surface area contributed by atoms with Crippen LogP contribution in [0.2, 0.25) is 0 Å². The van der Waals surface area contributed by atoms with Crippen molar-refractivity contribution in [1.82, 2.24) is 0 Å². The highest BCUT2D eigenvalue weighted by atomic mass is 16.5. The molecule has 0 saturated heterocycles. The lowest BCUT2D eigenvalue weighted by atomic mass is 9.86. The Balaban J connectivity index is 1.74. The summed E-state index contributed by atoms with van der Waals surface area (Å²) >= 11 is 0. The Bertz CT molecular complexity index is 1120. The van der Waals surface area contributed by atoms with Crippen molar-refractivity contribution in [2.75, 3.05) is 0 Å². The first-order valence-corrected chi connectivity index (χ1v) is 10.7. The van der Waals surface area contributed by atoms with Crippen LogP contribution < -0.4 is 4.74 Å². The van der Waals surface area contributed by atoms with Gasteiger partial charge in [0.2, 0.25) is 0 Å². The molecular weight excluding hydrogens is 396 g/mol. The van der Waals surface area contributed by atoms with Gasteiger partial charge in [-0.15, -0.1) is 0 Å². The standard InChI is InChI=1S/C29H30O3/c1-21(19-22-14-16-24(17-15-22)29(2,3)4)13-18-26(31)28-25(30)11-8-12-27(28)32-20-23-9-6-5-7-10-23/h5-19,30H,20H2,1-4H3/b18-13+,21-19+. The second kappa shape index (κ2) is 10.1. The molecule has 3 nitrogen and oxygen atoms in total. The average molecular weight is 427 g/mol.